The van der Waals surface area contributed by atoms with Crippen molar-refractivity contribution in [3.63, 3.8) is 0 Å². The SMILES string of the molecule is CNc1ccc2cccc(Cc3c[nH]cn3)c2c1. The Bertz CT molecular complexity index is 657. The number of fused-ring (bicyclic) bond motifs is 1. The molecular formula is C15H15N3. The highest BCUT2D eigenvalue weighted by atomic mass is 14.9. The van der Waals surface area contributed by atoms with E-state index in [0.29, 0.717) is 0 Å². The van der Waals surface area contributed by atoms with Crippen LogP contribution in [0, 0.1) is 0 Å². The van der Waals surface area contributed by atoms with Gasteiger partial charge in [-0.2, -0.15) is 0 Å². The Hall–Kier alpha value is -2.29. The third-order valence-corrected chi connectivity index (χ3v) is 3.19. The van der Waals surface area contributed by atoms with Crippen LogP contribution in [-0.2, 0) is 6.42 Å². The first-order valence-corrected chi connectivity index (χ1v) is 6.04. The highest BCUT2D eigenvalue weighted by Gasteiger charge is 2.04. The summed E-state index contributed by atoms with van der Waals surface area (Å²) in [5.74, 6) is 0. The minimum atomic E-state index is 0.855. The van der Waals surface area contributed by atoms with E-state index in [1.165, 1.54) is 16.3 Å². The first-order valence-electron chi connectivity index (χ1n) is 6.04. The van der Waals surface area contributed by atoms with Crippen molar-refractivity contribution in [1.82, 2.24) is 9.97 Å². The molecule has 0 aliphatic carbocycles. The van der Waals surface area contributed by atoms with Crippen LogP contribution in [0.15, 0.2) is 48.9 Å². The molecule has 0 spiro atoms. The molecule has 0 aliphatic heterocycles. The Labute approximate surface area is 106 Å². The summed E-state index contributed by atoms with van der Waals surface area (Å²) in [6.45, 7) is 0. The molecule has 1 heterocycles. The lowest BCUT2D eigenvalue weighted by atomic mass is 10.0. The zero-order valence-electron chi connectivity index (χ0n) is 10.3. The van der Waals surface area contributed by atoms with Crippen LogP contribution in [0.5, 0.6) is 0 Å². The Morgan fingerprint density at radius 3 is 2.94 bits per heavy atom. The summed E-state index contributed by atoms with van der Waals surface area (Å²) < 4.78 is 0. The maximum absolute atomic E-state index is 4.29. The monoisotopic (exact) mass is 237 g/mol. The maximum atomic E-state index is 4.29. The summed E-state index contributed by atoms with van der Waals surface area (Å²) in [6.07, 6.45) is 4.52. The molecule has 0 unspecified atom stereocenters. The molecule has 3 rings (SSSR count). The molecule has 0 saturated heterocycles. The molecule has 2 N–H and O–H groups in total. The van der Waals surface area contributed by atoms with Gasteiger partial charge in [0.25, 0.3) is 0 Å². The van der Waals surface area contributed by atoms with Crippen LogP contribution in [0.25, 0.3) is 10.8 Å². The number of H-pyrrole nitrogens is 1. The highest BCUT2D eigenvalue weighted by molar-refractivity contribution is 5.88. The van der Waals surface area contributed by atoms with E-state index >= 15 is 0 Å². The van der Waals surface area contributed by atoms with E-state index in [-0.39, 0.29) is 0 Å². The van der Waals surface area contributed by atoms with Crippen molar-refractivity contribution in [2.24, 2.45) is 0 Å². The smallest absolute Gasteiger partial charge is 0.0923 e. The molecule has 3 aromatic rings. The second-order valence-corrected chi connectivity index (χ2v) is 4.34. The van der Waals surface area contributed by atoms with E-state index in [1.807, 2.05) is 13.2 Å². The molecule has 0 bridgehead atoms. The van der Waals surface area contributed by atoms with Gasteiger partial charge in [0.15, 0.2) is 0 Å². The van der Waals surface area contributed by atoms with Crippen LogP contribution in [0.2, 0.25) is 0 Å². The number of nitrogens with one attached hydrogen (secondary N) is 2. The minimum Gasteiger partial charge on any atom is -0.388 e. The van der Waals surface area contributed by atoms with Gasteiger partial charge in [-0.1, -0.05) is 24.3 Å². The molecule has 3 nitrogen and oxygen atoms in total. The maximum Gasteiger partial charge on any atom is 0.0923 e. The molecule has 0 radical (unpaired) electrons. The van der Waals surface area contributed by atoms with Gasteiger partial charge in [0.05, 0.1) is 12.0 Å². The van der Waals surface area contributed by atoms with Gasteiger partial charge in [-0.15, -0.1) is 0 Å². The topological polar surface area (TPSA) is 40.7 Å². The number of nitrogens with zero attached hydrogens (tertiary/aromatic N) is 1. The van der Waals surface area contributed by atoms with Crippen molar-refractivity contribution in [2.75, 3.05) is 12.4 Å². The van der Waals surface area contributed by atoms with E-state index in [9.17, 15) is 0 Å². The van der Waals surface area contributed by atoms with E-state index in [1.54, 1.807) is 6.33 Å². The van der Waals surface area contributed by atoms with Crippen LogP contribution < -0.4 is 5.32 Å². The number of imidazole rings is 1. The van der Waals surface area contributed by atoms with Crippen LogP contribution >= 0.6 is 0 Å². The zero-order chi connectivity index (χ0) is 12.4. The van der Waals surface area contributed by atoms with Gasteiger partial charge in [0.2, 0.25) is 0 Å². The van der Waals surface area contributed by atoms with Gasteiger partial charge >= 0.3 is 0 Å². The van der Waals surface area contributed by atoms with Gasteiger partial charge in [-0.3, -0.25) is 0 Å². The molecule has 1 aromatic heterocycles. The number of hydrogen-bond donors (Lipinski definition) is 2. The average molecular weight is 237 g/mol. The summed E-state index contributed by atoms with van der Waals surface area (Å²) in [5, 5.41) is 5.73. The van der Waals surface area contributed by atoms with Crippen molar-refractivity contribution in [3.05, 3.63) is 60.2 Å². The molecule has 0 fully saturated rings. The first-order chi connectivity index (χ1) is 8.86. The normalized spacial score (nSPS) is 10.7. The zero-order valence-corrected chi connectivity index (χ0v) is 10.3. The fraction of sp³-hybridized carbons (Fsp3) is 0.133. The molecule has 90 valence electrons. The fourth-order valence-electron chi connectivity index (χ4n) is 2.23. The van der Waals surface area contributed by atoms with Gasteiger partial charge in [0, 0.05) is 25.4 Å². The predicted octanol–water partition coefficient (Wildman–Crippen LogP) is 3.20. The second kappa shape index (κ2) is 4.53. The van der Waals surface area contributed by atoms with E-state index in [4.69, 9.17) is 0 Å². The number of benzene rings is 2. The standard InChI is InChI=1S/C15H15N3/c1-16-13-6-5-11-3-2-4-12(15(11)8-13)7-14-9-17-10-18-14/h2-6,8-10,16H,7H2,1H3,(H,17,18). The molecular weight excluding hydrogens is 222 g/mol. The number of rotatable bonds is 3. The Balaban J connectivity index is 2.10. The van der Waals surface area contributed by atoms with Crippen molar-refractivity contribution < 1.29 is 0 Å². The molecule has 0 aliphatic rings. The van der Waals surface area contributed by atoms with Crippen molar-refractivity contribution >= 4 is 16.5 Å². The van der Waals surface area contributed by atoms with Crippen molar-refractivity contribution in [1.29, 1.82) is 0 Å². The van der Waals surface area contributed by atoms with Gasteiger partial charge < -0.3 is 10.3 Å². The van der Waals surface area contributed by atoms with E-state index in [2.05, 4.69) is 51.7 Å². The summed E-state index contributed by atoms with van der Waals surface area (Å²) in [5.41, 5.74) is 3.51. The first kappa shape index (κ1) is 10.8. The molecule has 18 heavy (non-hydrogen) atoms. The summed E-state index contributed by atoms with van der Waals surface area (Å²) >= 11 is 0. The van der Waals surface area contributed by atoms with Gasteiger partial charge in [-0.25, -0.2) is 4.98 Å². The fourth-order valence-corrected chi connectivity index (χ4v) is 2.23. The molecule has 0 atom stereocenters. The van der Waals surface area contributed by atoms with Crippen LogP contribution in [0.1, 0.15) is 11.3 Å². The summed E-state index contributed by atoms with van der Waals surface area (Å²) in [4.78, 5) is 7.29. The Morgan fingerprint density at radius 1 is 1.22 bits per heavy atom. The number of aromatic nitrogens is 2. The Morgan fingerprint density at radius 2 is 2.17 bits per heavy atom. The third-order valence-electron chi connectivity index (χ3n) is 3.19. The van der Waals surface area contributed by atoms with Crippen LogP contribution in [0.4, 0.5) is 5.69 Å². The predicted molar refractivity (Wildman–Crippen MR) is 74.9 cm³/mol. The third kappa shape index (κ3) is 1.95. The van der Waals surface area contributed by atoms with Crippen LogP contribution in [0.3, 0.4) is 0 Å². The molecule has 3 heteroatoms. The number of hydrogen-bond acceptors (Lipinski definition) is 2. The average Bonchev–Trinajstić information content (AvgIpc) is 2.91. The second-order valence-electron chi connectivity index (χ2n) is 4.34. The van der Waals surface area contributed by atoms with Gasteiger partial charge in [0.1, 0.15) is 0 Å². The minimum absolute atomic E-state index is 0.855. The number of aromatic amines is 1. The Kier molecular flexibility index (Phi) is 2.73. The van der Waals surface area contributed by atoms with Crippen molar-refractivity contribution in [2.45, 2.75) is 6.42 Å². The molecule has 2 aromatic carbocycles. The number of anilines is 1. The lowest BCUT2D eigenvalue weighted by Gasteiger charge is -2.07. The summed E-state index contributed by atoms with van der Waals surface area (Å²) in [7, 11) is 1.94. The van der Waals surface area contributed by atoms with Crippen LogP contribution in [-0.4, -0.2) is 17.0 Å². The molecule has 0 amide bonds. The quantitative estimate of drug-likeness (QED) is 0.734. The van der Waals surface area contributed by atoms with E-state index < -0.39 is 0 Å². The van der Waals surface area contributed by atoms with E-state index in [0.717, 1.165) is 17.8 Å². The highest BCUT2D eigenvalue weighted by Crippen LogP contribution is 2.24. The largest absolute Gasteiger partial charge is 0.388 e. The lowest BCUT2D eigenvalue weighted by molar-refractivity contribution is 1.12. The van der Waals surface area contributed by atoms with Gasteiger partial charge in [-0.05, 0) is 28.5 Å². The van der Waals surface area contributed by atoms with Crippen molar-refractivity contribution in [3.8, 4) is 0 Å². The lowest BCUT2D eigenvalue weighted by Crippen LogP contribution is -1.92. The molecule has 0 saturated carbocycles. The summed E-state index contributed by atoms with van der Waals surface area (Å²) in [6, 6.07) is 12.8.